The fraction of sp³-hybridized carbons (Fsp3) is 0.438. The van der Waals surface area contributed by atoms with E-state index in [0.717, 1.165) is 16.7 Å². The molecule has 7 nitrogen and oxygen atoms in total. The van der Waals surface area contributed by atoms with Crippen LogP contribution in [0, 0.1) is 11.3 Å². The predicted octanol–water partition coefficient (Wildman–Crippen LogP) is 1.05. The van der Waals surface area contributed by atoms with Gasteiger partial charge in [0.2, 0.25) is 5.91 Å². The quantitative estimate of drug-likeness (QED) is 0.894. The highest BCUT2D eigenvalue weighted by Gasteiger charge is 2.17. The molecule has 2 aromatic rings. The summed E-state index contributed by atoms with van der Waals surface area (Å²) < 4.78 is 3.16. The van der Waals surface area contributed by atoms with Gasteiger partial charge in [0.1, 0.15) is 6.04 Å². The van der Waals surface area contributed by atoms with Crippen molar-refractivity contribution < 1.29 is 4.79 Å². The molecule has 1 aromatic heterocycles. The van der Waals surface area contributed by atoms with Gasteiger partial charge in [0.05, 0.1) is 23.5 Å². The molecule has 0 spiro atoms. The highest BCUT2D eigenvalue weighted by atomic mass is 16.2. The number of likely N-dealkylation sites (N-methyl/N-ethyl adjacent to an activating group) is 1. The number of aryl methyl sites for hydroxylation is 2. The van der Waals surface area contributed by atoms with E-state index < -0.39 is 6.04 Å². The number of nitriles is 1. The molecule has 1 aromatic carbocycles. The van der Waals surface area contributed by atoms with Crippen molar-refractivity contribution in [1.82, 2.24) is 14.0 Å². The zero-order chi connectivity index (χ0) is 17.1. The predicted molar refractivity (Wildman–Crippen MR) is 89.1 cm³/mol. The molecular weight excluding hydrogens is 294 g/mol. The van der Waals surface area contributed by atoms with Gasteiger partial charge in [-0.05, 0) is 25.1 Å². The van der Waals surface area contributed by atoms with Crippen molar-refractivity contribution in [3.05, 3.63) is 28.7 Å². The second-order valence-electron chi connectivity index (χ2n) is 5.64. The maximum absolute atomic E-state index is 12.2. The van der Waals surface area contributed by atoms with Crippen LogP contribution in [0.2, 0.25) is 0 Å². The Labute approximate surface area is 134 Å². The lowest BCUT2D eigenvalue weighted by Gasteiger charge is -2.22. The first-order chi connectivity index (χ1) is 10.9. The fourth-order valence-electron chi connectivity index (χ4n) is 2.57. The summed E-state index contributed by atoms with van der Waals surface area (Å²) in [4.78, 5) is 25.7. The number of amides is 1. The van der Waals surface area contributed by atoms with E-state index in [2.05, 4.69) is 5.32 Å². The molecule has 0 aliphatic rings. The molecule has 1 N–H and O–H groups in total. The number of nitrogens with zero attached hydrogens (tertiary/aromatic N) is 4. The number of carbonyl (C=O) groups excluding carboxylic acids is 1. The van der Waals surface area contributed by atoms with Crippen LogP contribution in [0.3, 0.4) is 0 Å². The summed E-state index contributed by atoms with van der Waals surface area (Å²) >= 11 is 0. The molecule has 122 valence electrons. The number of rotatable bonds is 5. The van der Waals surface area contributed by atoms with Crippen molar-refractivity contribution in [3.8, 4) is 6.07 Å². The second kappa shape index (κ2) is 6.57. The van der Waals surface area contributed by atoms with Gasteiger partial charge in [-0.2, -0.15) is 5.26 Å². The minimum Gasteiger partial charge on any atom is -0.374 e. The lowest BCUT2D eigenvalue weighted by Crippen LogP contribution is -2.39. The molecule has 23 heavy (non-hydrogen) atoms. The molecule has 0 saturated carbocycles. The number of benzene rings is 1. The van der Waals surface area contributed by atoms with Crippen LogP contribution in [-0.2, 0) is 18.9 Å². The van der Waals surface area contributed by atoms with Crippen molar-refractivity contribution >= 4 is 22.6 Å². The zero-order valence-electron chi connectivity index (χ0n) is 13.8. The Morgan fingerprint density at radius 3 is 2.65 bits per heavy atom. The summed E-state index contributed by atoms with van der Waals surface area (Å²) in [6.45, 7) is 2.19. The number of carbonyl (C=O) groups is 1. The smallest absolute Gasteiger partial charge is 0.328 e. The Kier molecular flexibility index (Phi) is 4.74. The van der Waals surface area contributed by atoms with Crippen molar-refractivity contribution in [2.45, 2.75) is 19.4 Å². The number of aromatic nitrogens is 2. The minimum absolute atomic E-state index is 0.0812. The number of hydrogen-bond acceptors (Lipinski definition) is 4. The van der Waals surface area contributed by atoms with E-state index in [4.69, 9.17) is 5.26 Å². The Balaban J connectivity index is 2.19. The van der Waals surface area contributed by atoms with Crippen LogP contribution < -0.4 is 11.0 Å². The summed E-state index contributed by atoms with van der Waals surface area (Å²) in [6, 6.07) is 7.17. The van der Waals surface area contributed by atoms with Crippen molar-refractivity contribution in [1.29, 1.82) is 5.26 Å². The van der Waals surface area contributed by atoms with Crippen LogP contribution >= 0.6 is 0 Å². The van der Waals surface area contributed by atoms with Gasteiger partial charge >= 0.3 is 5.69 Å². The Hall–Kier alpha value is -2.75. The molecule has 0 aliphatic carbocycles. The van der Waals surface area contributed by atoms with Crippen molar-refractivity contribution in [2.75, 3.05) is 18.9 Å². The molecular formula is C16H21N5O2. The molecule has 7 heteroatoms. The van der Waals surface area contributed by atoms with E-state index in [1.54, 1.807) is 37.2 Å². The second-order valence-corrected chi connectivity index (χ2v) is 5.64. The molecule has 0 radical (unpaired) electrons. The zero-order valence-corrected chi connectivity index (χ0v) is 13.8. The largest absolute Gasteiger partial charge is 0.374 e. The third-order valence-electron chi connectivity index (χ3n) is 3.96. The van der Waals surface area contributed by atoms with Crippen LogP contribution in [0.25, 0.3) is 11.0 Å². The molecule has 0 aliphatic heterocycles. The van der Waals surface area contributed by atoms with Gasteiger partial charge in [-0.25, -0.2) is 4.79 Å². The Bertz CT molecular complexity index is 827. The summed E-state index contributed by atoms with van der Waals surface area (Å²) in [6.07, 6.45) is 0.313. The molecule has 0 bridgehead atoms. The summed E-state index contributed by atoms with van der Waals surface area (Å²) in [5, 5.41) is 11.7. The van der Waals surface area contributed by atoms with Gasteiger partial charge < -0.3 is 10.2 Å². The first kappa shape index (κ1) is 16.6. The van der Waals surface area contributed by atoms with Crippen molar-refractivity contribution in [3.63, 3.8) is 0 Å². The monoisotopic (exact) mass is 315 g/mol. The number of nitrogens with one attached hydrogen (secondary N) is 1. The van der Waals surface area contributed by atoms with Crippen molar-refractivity contribution in [2.24, 2.45) is 14.1 Å². The van der Waals surface area contributed by atoms with Gasteiger partial charge in [0.25, 0.3) is 0 Å². The standard InChI is InChI=1S/C16H21N5O2/c1-11(15(22)19(2)9-5-8-17)18-12-6-7-13-14(10-12)21(4)16(23)20(13)3/h6-7,10-11,18H,5,9H2,1-4H3/t11-/m1/s1. The molecule has 0 unspecified atom stereocenters. The lowest BCUT2D eigenvalue weighted by molar-refractivity contribution is -0.130. The molecule has 0 fully saturated rings. The van der Waals surface area contributed by atoms with Crippen LogP contribution in [-0.4, -0.2) is 39.6 Å². The fourth-order valence-corrected chi connectivity index (χ4v) is 2.57. The third kappa shape index (κ3) is 3.21. The first-order valence-electron chi connectivity index (χ1n) is 7.40. The van der Waals surface area contributed by atoms with Gasteiger partial charge in [0, 0.05) is 33.4 Å². The lowest BCUT2D eigenvalue weighted by atomic mass is 10.2. The number of imidazole rings is 1. The minimum atomic E-state index is -0.420. The molecule has 1 heterocycles. The van der Waals surface area contributed by atoms with Crippen LogP contribution in [0.15, 0.2) is 23.0 Å². The average Bonchev–Trinajstić information content (AvgIpc) is 2.76. The summed E-state index contributed by atoms with van der Waals surface area (Å²) in [5.74, 6) is -0.0812. The van der Waals surface area contributed by atoms with Gasteiger partial charge in [-0.3, -0.25) is 13.9 Å². The van der Waals surface area contributed by atoms with Gasteiger partial charge in [-0.15, -0.1) is 0 Å². The van der Waals surface area contributed by atoms with E-state index in [1.165, 1.54) is 4.90 Å². The molecule has 0 saturated heterocycles. The molecule has 2 rings (SSSR count). The first-order valence-corrected chi connectivity index (χ1v) is 7.40. The van der Waals surface area contributed by atoms with Crippen LogP contribution in [0.1, 0.15) is 13.3 Å². The highest BCUT2D eigenvalue weighted by Crippen LogP contribution is 2.18. The normalized spacial score (nSPS) is 12.0. The topological polar surface area (TPSA) is 83.1 Å². The average molecular weight is 315 g/mol. The van der Waals surface area contributed by atoms with E-state index in [9.17, 15) is 9.59 Å². The summed E-state index contributed by atoms with van der Waals surface area (Å²) in [5.41, 5.74) is 2.33. The van der Waals surface area contributed by atoms with E-state index >= 15 is 0 Å². The maximum Gasteiger partial charge on any atom is 0.328 e. The van der Waals surface area contributed by atoms with Gasteiger partial charge in [0.15, 0.2) is 0 Å². The third-order valence-corrected chi connectivity index (χ3v) is 3.96. The van der Waals surface area contributed by atoms with E-state index in [1.807, 2.05) is 24.3 Å². The molecule has 1 amide bonds. The van der Waals surface area contributed by atoms with Crippen LogP contribution in [0.4, 0.5) is 5.69 Å². The van der Waals surface area contributed by atoms with E-state index in [0.29, 0.717) is 13.0 Å². The summed E-state index contributed by atoms with van der Waals surface area (Å²) in [7, 11) is 5.13. The Morgan fingerprint density at radius 2 is 2.00 bits per heavy atom. The SMILES string of the molecule is C[C@@H](Nc1ccc2c(c1)n(C)c(=O)n2C)C(=O)N(C)CCC#N. The Morgan fingerprint density at radius 1 is 1.35 bits per heavy atom. The van der Waals surface area contributed by atoms with E-state index in [-0.39, 0.29) is 11.6 Å². The number of anilines is 1. The molecule has 1 atom stereocenters. The van der Waals surface area contributed by atoms with Crippen LogP contribution in [0.5, 0.6) is 0 Å². The van der Waals surface area contributed by atoms with Gasteiger partial charge in [-0.1, -0.05) is 0 Å². The number of hydrogen-bond donors (Lipinski definition) is 1. The number of fused-ring (bicyclic) bond motifs is 1. The maximum atomic E-state index is 12.2. The highest BCUT2D eigenvalue weighted by molar-refractivity contribution is 5.86.